The normalized spacial score (nSPS) is 13.4. The third-order valence-corrected chi connectivity index (χ3v) is 4.06. The van der Waals surface area contributed by atoms with Crippen LogP contribution in [0.4, 0.5) is 0 Å². The molecular weight excluding hydrogens is 342 g/mol. The molecule has 0 radical (unpaired) electrons. The summed E-state index contributed by atoms with van der Waals surface area (Å²) < 4.78 is 0.930. The van der Waals surface area contributed by atoms with Crippen molar-refractivity contribution in [3.8, 4) is 0 Å². The molecule has 2 aromatic carbocycles. The first-order valence-corrected chi connectivity index (χ1v) is 8.06. The molecule has 2 aromatic rings. The molecule has 0 saturated heterocycles. The van der Waals surface area contributed by atoms with Crippen molar-refractivity contribution in [1.82, 2.24) is 5.32 Å². The molecule has 0 heterocycles. The van der Waals surface area contributed by atoms with Crippen LogP contribution in [0, 0.1) is 0 Å². The lowest BCUT2D eigenvalue weighted by atomic mass is 9.96. The Morgan fingerprint density at radius 1 is 1.14 bits per heavy atom. The van der Waals surface area contributed by atoms with Gasteiger partial charge in [-0.1, -0.05) is 46.3 Å². The van der Waals surface area contributed by atoms with Gasteiger partial charge in [-0.15, -0.1) is 0 Å². The van der Waals surface area contributed by atoms with Gasteiger partial charge in [0, 0.05) is 16.6 Å². The van der Waals surface area contributed by atoms with Gasteiger partial charge >= 0.3 is 0 Å². The maximum Gasteiger partial charge on any atom is 0.251 e. The molecule has 2 N–H and O–H groups in total. The van der Waals surface area contributed by atoms with Crippen molar-refractivity contribution < 1.29 is 9.90 Å². The molecule has 0 fully saturated rings. The van der Waals surface area contributed by atoms with Crippen molar-refractivity contribution in [2.24, 2.45) is 0 Å². The molecule has 0 bridgehead atoms. The van der Waals surface area contributed by atoms with Crippen LogP contribution >= 0.6 is 15.9 Å². The molecule has 4 heteroatoms. The van der Waals surface area contributed by atoms with Crippen LogP contribution in [0.25, 0.3) is 0 Å². The second kappa shape index (κ2) is 7.56. The molecule has 1 amide bonds. The highest BCUT2D eigenvalue weighted by molar-refractivity contribution is 9.10. The second-order valence-corrected chi connectivity index (χ2v) is 6.59. The van der Waals surface area contributed by atoms with Gasteiger partial charge in [-0.25, -0.2) is 0 Å². The van der Waals surface area contributed by atoms with E-state index in [9.17, 15) is 9.90 Å². The van der Waals surface area contributed by atoms with Gasteiger partial charge in [0.2, 0.25) is 0 Å². The van der Waals surface area contributed by atoms with Crippen LogP contribution < -0.4 is 5.32 Å². The molecule has 0 saturated carbocycles. The predicted octanol–water partition coefficient (Wildman–Crippen LogP) is 3.56. The van der Waals surface area contributed by atoms with Crippen molar-refractivity contribution in [3.63, 3.8) is 0 Å². The fourth-order valence-corrected chi connectivity index (χ4v) is 2.39. The summed E-state index contributed by atoms with van der Waals surface area (Å²) in [6.45, 7) is 1.98. The average molecular weight is 362 g/mol. The van der Waals surface area contributed by atoms with Crippen molar-refractivity contribution in [2.45, 2.75) is 25.4 Å². The van der Waals surface area contributed by atoms with E-state index < -0.39 is 5.60 Å². The van der Waals surface area contributed by atoms with Crippen molar-refractivity contribution in [3.05, 3.63) is 70.2 Å². The summed E-state index contributed by atoms with van der Waals surface area (Å²) in [4.78, 5) is 12.0. The number of carbonyl (C=O) groups excluding carboxylic acids is 1. The van der Waals surface area contributed by atoms with Gasteiger partial charge in [0.1, 0.15) is 0 Å². The summed E-state index contributed by atoms with van der Waals surface area (Å²) in [6, 6.07) is 17.2. The lowest BCUT2D eigenvalue weighted by Crippen LogP contribution is -2.41. The van der Waals surface area contributed by atoms with Gasteiger partial charge in [0.05, 0.1) is 5.60 Å². The van der Waals surface area contributed by atoms with E-state index in [0.717, 1.165) is 10.9 Å². The third kappa shape index (κ3) is 5.28. The van der Waals surface area contributed by atoms with E-state index in [2.05, 4.69) is 21.2 Å². The zero-order valence-corrected chi connectivity index (χ0v) is 14.1. The molecular formula is C18H20BrNO2. The highest BCUT2D eigenvalue weighted by Gasteiger charge is 2.21. The smallest absolute Gasteiger partial charge is 0.251 e. The zero-order chi connectivity index (χ0) is 16.0. The minimum atomic E-state index is -0.930. The molecule has 116 valence electrons. The second-order valence-electron chi connectivity index (χ2n) is 5.67. The summed E-state index contributed by atoms with van der Waals surface area (Å²) in [5, 5.41) is 13.2. The molecule has 0 aromatic heterocycles. The van der Waals surface area contributed by atoms with Gasteiger partial charge in [0.25, 0.3) is 5.91 Å². The maximum absolute atomic E-state index is 12.0. The minimum absolute atomic E-state index is 0.174. The molecule has 2 rings (SSSR count). The zero-order valence-electron chi connectivity index (χ0n) is 12.6. The number of aliphatic hydroxyl groups is 1. The number of rotatable bonds is 6. The number of amides is 1. The van der Waals surface area contributed by atoms with Crippen LogP contribution in [0.5, 0.6) is 0 Å². The Bertz CT molecular complexity index is 609. The molecule has 0 aliphatic carbocycles. The number of benzene rings is 2. The summed E-state index contributed by atoms with van der Waals surface area (Å²) in [7, 11) is 0. The Balaban J connectivity index is 1.83. The molecule has 1 atom stereocenters. The lowest BCUT2D eigenvalue weighted by molar-refractivity contribution is 0.0478. The molecule has 0 unspecified atom stereocenters. The average Bonchev–Trinajstić information content (AvgIpc) is 2.53. The number of aryl methyl sites for hydroxylation is 1. The third-order valence-electron chi connectivity index (χ3n) is 3.53. The fourth-order valence-electron chi connectivity index (χ4n) is 2.12. The summed E-state index contributed by atoms with van der Waals surface area (Å²) >= 11 is 3.34. The SMILES string of the molecule is C[C@](O)(CCc1ccccc1)CNC(=O)c1ccc(Br)cc1. The molecule has 0 spiro atoms. The van der Waals surface area contributed by atoms with E-state index >= 15 is 0 Å². The van der Waals surface area contributed by atoms with Gasteiger partial charge in [-0.05, 0) is 49.6 Å². The van der Waals surface area contributed by atoms with Gasteiger partial charge < -0.3 is 10.4 Å². The van der Waals surface area contributed by atoms with Crippen molar-refractivity contribution >= 4 is 21.8 Å². The standard InChI is InChI=1S/C18H20BrNO2/c1-18(22,12-11-14-5-3-2-4-6-14)13-20-17(21)15-7-9-16(19)10-8-15/h2-10,22H,11-13H2,1H3,(H,20,21)/t18-/m0/s1. The maximum atomic E-state index is 12.0. The first-order valence-electron chi connectivity index (χ1n) is 7.26. The Kier molecular flexibility index (Phi) is 5.75. The van der Waals surface area contributed by atoms with Crippen LogP contribution in [-0.4, -0.2) is 23.2 Å². The van der Waals surface area contributed by atoms with E-state index in [4.69, 9.17) is 0 Å². The topological polar surface area (TPSA) is 49.3 Å². The molecule has 0 aliphatic rings. The molecule has 0 aliphatic heterocycles. The molecule has 22 heavy (non-hydrogen) atoms. The first kappa shape index (κ1) is 16.7. The summed E-state index contributed by atoms with van der Waals surface area (Å²) in [5.74, 6) is -0.174. The van der Waals surface area contributed by atoms with E-state index in [1.54, 1.807) is 19.1 Å². The molecule has 3 nitrogen and oxygen atoms in total. The van der Waals surface area contributed by atoms with Crippen LogP contribution in [0.15, 0.2) is 59.1 Å². The van der Waals surface area contributed by atoms with E-state index in [-0.39, 0.29) is 12.5 Å². The van der Waals surface area contributed by atoms with Crippen LogP contribution in [0.1, 0.15) is 29.3 Å². The summed E-state index contributed by atoms with van der Waals surface area (Å²) in [5.41, 5.74) is 0.838. The first-order chi connectivity index (χ1) is 10.5. The summed E-state index contributed by atoms with van der Waals surface area (Å²) in [6.07, 6.45) is 1.37. The van der Waals surface area contributed by atoms with Gasteiger partial charge in [-0.2, -0.15) is 0 Å². The number of carbonyl (C=O) groups is 1. The number of nitrogens with one attached hydrogen (secondary N) is 1. The largest absolute Gasteiger partial charge is 0.388 e. The Hall–Kier alpha value is -1.65. The Labute approximate surface area is 139 Å². The van der Waals surface area contributed by atoms with E-state index in [1.165, 1.54) is 5.56 Å². The quantitative estimate of drug-likeness (QED) is 0.826. The van der Waals surface area contributed by atoms with Crippen LogP contribution in [0.2, 0.25) is 0 Å². The lowest BCUT2D eigenvalue weighted by Gasteiger charge is -2.23. The predicted molar refractivity (Wildman–Crippen MR) is 91.9 cm³/mol. The highest BCUT2D eigenvalue weighted by Crippen LogP contribution is 2.14. The highest BCUT2D eigenvalue weighted by atomic mass is 79.9. The number of hydrogen-bond acceptors (Lipinski definition) is 2. The van der Waals surface area contributed by atoms with Crippen molar-refractivity contribution in [2.75, 3.05) is 6.54 Å². The number of hydrogen-bond donors (Lipinski definition) is 2. The number of halogens is 1. The Morgan fingerprint density at radius 2 is 1.77 bits per heavy atom. The monoisotopic (exact) mass is 361 g/mol. The van der Waals surface area contributed by atoms with Crippen LogP contribution in [-0.2, 0) is 6.42 Å². The van der Waals surface area contributed by atoms with Crippen molar-refractivity contribution in [1.29, 1.82) is 0 Å². The Morgan fingerprint density at radius 3 is 2.41 bits per heavy atom. The van der Waals surface area contributed by atoms with Crippen LogP contribution in [0.3, 0.4) is 0 Å². The fraction of sp³-hybridized carbons (Fsp3) is 0.278. The van der Waals surface area contributed by atoms with Gasteiger partial charge in [0.15, 0.2) is 0 Å². The van der Waals surface area contributed by atoms with E-state index in [0.29, 0.717) is 12.0 Å². The minimum Gasteiger partial charge on any atom is -0.388 e. The van der Waals surface area contributed by atoms with Gasteiger partial charge in [-0.3, -0.25) is 4.79 Å². The van der Waals surface area contributed by atoms with E-state index in [1.807, 2.05) is 42.5 Å².